The smallest absolute Gasteiger partial charge is 0.253 e. The van der Waals surface area contributed by atoms with Crippen LogP contribution in [0.1, 0.15) is 37.0 Å². The summed E-state index contributed by atoms with van der Waals surface area (Å²) in [6.07, 6.45) is 2.09. The lowest BCUT2D eigenvalue weighted by molar-refractivity contribution is 0.0762. The molecule has 0 atom stereocenters. The molecule has 0 heterocycles. The Bertz CT molecular complexity index is 393. The average Bonchev–Trinajstić information content (AvgIpc) is 2.33. The lowest BCUT2D eigenvalue weighted by Gasteiger charge is -2.20. The Hall–Kier alpha value is -1.22. The monoisotopic (exact) mass is 254 g/mol. The highest BCUT2D eigenvalue weighted by Gasteiger charge is 2.14. The van der Waals surface area contributed by atoms with Gasteiger partial charge < -0.3 is 10.6 Å². The van der Waals surface area contributed by atoms with Crippen molar-refractivity contribution in [1.29, 1.82) is 0 Å². The first-order chi connectivity index (χ1) is 8.10. The van der Waals surface area contributed by atoms with Crippen LogP contribution in [0.3, 0.4) is 0 Å². The highest BCUT2D eigenvalue weighted by Crippen LogP contribution is 2.20. The first kappa shape index (κ1) is 13.8. The number of halogens is 1. The lowest BCUT2D eigenvalue weighted by atomic mass is 10.1. The van der Waals surface area contributed by atoms with Crippen LogP contribution in [0.4, 0.5) is 5.69 Å². The quantitative estimate of drug-likeness (QED) is 0.821. The number of nitrogen functional groups attached to an aromatic ring is 1. The van der Waals surface area contributed by atoms with Gasteiger partial charge in [-0.05, 0) is 31.5 Å². The summed E-state index contributed by atoms with van der Waals surface area (Å²) in [7, 11) is 0. The van der Waals surface area contributed by atoms with Crippen molar-refractivity contribution in [1.82, 2.24) is 4.90 Å². The third-order valence-corrected chi connectivity index (χ3v) is 3.03. The Balaban J connectivity index is 2.82. The number of unbranched alkanes of at least 4 members (excludes halogenated alkanes) is 1. The van der Waals surface area contributed by atoms with Crippen LogP contribution in [0.5, 0.6) is 0 Å². The molecule has 0 saturated carbocycles. The molecular formula is C13H19ClN2O. The minimum absolute atomic E-state index is 0.0165. The number of amides is 1. The van der Waals surface area contributed by atoms with E-state index in [1.54, 1.807) is 18.2 Å². The van der Waals surface area contributed by atoms with Gasteiger partial charge in [0.2, 0.25) is 0 Å². The summed E-state index contributed by atoms with van der Waals surface area (Å²) in [5, 5.41) is 0.433. The van der Waals surface area contributed by atoms with Crippen molar-refractivity contribution < 1.29 is 4.79 Å². The highest BCUT2D eigenvalue weighted by atomic mass is 35.5. The zero-order valence-corrected chi connectivity index (χ0v) is 11.1. The normalized spacial score (nSPS) is 10.3. The fourth-order valence-electron chi connectivity index (χ4n) is 1.59. The van der Waals surface area contributed by atoms with Crippen LogP contribution in [0.2, 0.25) is 5.02 Å². The molecule has 0 saturated heterocycles. The molecule has 0 radical (unpaired) electrons. The van der Waals surface area contributed by atoms with E-state index < -0.39 is 0 Å². The van der Waals surface area contributed by atoms with E-state index in [1.165, 1.54) is 0 Å². The first-order valence-electron chi connectivity index (χ1n) is 5.94. The molecule has 0 aliphatic rings. The number of anilines is 1. The second-order valence-corrected chi connectivity index (χ2v) is 4.38. The third-order valence-electron chi connectivity index (χ3n) is 2.70. The molecule has 0 bridgehead atoms. The first-order valence-corrected chi connectivity index (χ1v) is 6.32. The molecule has 2 N–H and O–H groups in total. The van der Waals surface area contributed by atoms with Crippen LogP contribution in [0.25, 0.3) is 0 Å². The van der Waals surface area contributed by atoms with Gasteiger partial charge in [0, 0.05) is 18.7 Å². The van der Waals surface area contributed by atoms with Gasteiger partial charge in [0.05, 0.1) is 10.7 Å². The van der Waals surface area contributed by atoms with Crippen molar-refractivity contribution in [2.45, 2.75) is 26.7 Å². The summed E-state index contributed by atoms with van der Waals surface area (Å²) in [6.45, 7) is 5.58. The van der Waals surface area contributed by atoms with E-state index in [0.717, 1.165) is 19.4 Å². The lowest BCUT2D eigenvalue weighted by Crippen LogP contribution is -2.31. The molecule has 0 aliphatic carbocycles. The van der Waals surface area contributed by atoms with Crippen molar-refractivity contribution in [2.24, 2.45) is 0 Å². The molecule has 0 aromatic heterocycles. The Morgan fingerprint density at radius 2 is 2.12 bits per heavy atom. The van der Waals surface area contributed by atoms with E-state index in [-0.39, 0.29) is 5.91 Å². The van der Waals surface area contributed by atoms with Gasteiger partial charge >= 0.3 is 0 Å². The van der Waals surface area contributed by atoms with Gasteiger partial charge in [0.25, 0.3) is 5.91 Å². The van der Waals surface area contributed by atoms with E-state index in [1.807, 2.05) is 11.8 Å². The van der Waals surface area contributed by atoms with Crippen LogP contribution in [-0.2, 0) is 0 Å². The molecule has 1 aromatic carbocycles. The predicted octanol–water partition coefficient (Wildman–Crippen LogP) is 3.18. The van der Waals surface area contributed by atoms with E-state index in [2.05, 4.69) is 6.92 Å². The largest absolute Gasteiger partial charge is 0.398 e. The zero-order chi connectivity index (χ0) is 12.8. The maximum absolute atomic E-state index is 12.2. The maximum Gasteiger partial charge on any atom is 0.253 e. The van der Waals surface area contributed by atoms with Gasteiger partial charge in [-0.3, -0.25) is 4.79 Å². The van der Waals surface area contributed by atoms with Crippen LogP contribution < -0.4 is 5.73 Å². The van der Waals surface area contributed by atoms with Crippen LogP contribution in [0.15, 0.2) is 18.2 Å². The molecule has 0 aliphatic heterocycles. The summed E-state index contributed by atoms with van der Waals surface area (Å²) < 4.78 is 0. The molecule has 1 amide bonds. The van der Waals surface area contributed by atoms with E-state index >= 15 is 0 Å². The number of hydrogen-bond acceptors (Lipinski definition) is 2. The van der Waals surface area contributed by atoms with Gasteiger partial charge in [0.15, 0.2) is 0 Å². The number of carbonyl (C=O) groups is 1. The molecule has 1 aromatic rings. The SMILES string of the molecule is CCCCN(CC)C(=O)c1ccc(N)c(Cl)c1. The van der Waals surface area contributed by atoms with Gasteiger partial charge in [-0.25, -0.2) is 0 Å². The van der Waals surface area contributed by atoms with E-state index in [0.29, 0.717) is 22.8 Å². The topological polar surface area (TPSA) is 46.3 Å². The summed E-state index contributed by atoms with van der Waals surface area (Å²) in [5.41, 5.74) is 6.72. The highest BCUT2D eigenvalue weighted by molar-refractivity contribution is 6.33. The molecule has 94 valence electrons. The number of carbonyl (C=O) groups excluding carboxylic acids is 1. The molecule has 1 rings (SSSR count). The van der Waals surface area contributed by atoms with Gasteiger partial charge in [0.1, 0.15) is 0 Å². The second-order valence-electron chi connectivity index (χ2n) is 3.97. The number of hydrogen-bond donors (Lipinski definition) is 1. The molecule has 0 spiro atoms. The molecule has 0 unspecified atom stereocenters. The Morgan fingerprint density at radius 3 is 2.65 bits per heavy atom. The van der Waals surface area contributed by atoms with Crippen molar-refractivity contribution in [3.8, 4) is 0 Å². The van der Waals surface area contributed by atoms with Gasteiger partial charge in [-0.15, -0.1) is 0 Å². The van der Waals surface area contributed by atoms with Crippen molar-refractivity contribution in [3.05, 3.63) is 28.8 Å². The van der Waals surface area contributed by atoms with E-state index in [9.17, 15) is 4.79 Å². The minimum atomic E-state index is 0.0165. The molecule has 0 fully saturated rings. The third kappa shape index (κ3) is 3.63. The standard InChI is InChI=1S/C13H19ClN2O/c1-3-5-8-16(4-2)13(17)10-6-7-12(15)11(14)9-10/h6-7,9H,3-5,8,15H2,1-2H3. The predicted molar refractivity (Wildman–Crippen MR) is 72.3 cm³/mol. The van der Waals surface area contributed by atoms with Crippen molar-refractivity contribution >= 4 is 23.2 Å². The number of rotatable bonds is 5. The van der Waals surface area contributed by atoms with Gasteiger partial charge in [-0.2, -0.15) is 0 Å². The molecule has 4 heteroatoms. The summed E-state index contributed by atoms with van der Waals surface area (Å²) in [4.78, 5) is 14.0. The van der Waals surface area contributed by atoms with Crippen LogP contribution in [0, 0.1) is 0 Å². The summed E-state index contributed by atoms with van der Waals surface area (Å²) in [5.74, 6) is 0.0165. The summed E-state index contributed by atoms with van der Waals surface area (Å²) in [6, 6.07) is 5.02. The van der Waals surface area contributed by atoms with Crippen molar-refractivity contribution in [2.75, 3.05) is 18.8 Å². The van der Waals surface area contributed by atoms with Gasteiger partial charge in [-0.1, -0.05) is 24.9 Å². The fraction of sp³-hybridized carbons (Fsp3) is 0.462. The number of benzene rings is 1. The second kappa shape index (κ2) is 6.50. The van der Waals surface area contributed by atoms with Crippen LogP contribution >= 0.6 is 11.6 Å². The Labute approximate surface area is 108 Å². The fourth-order valence-corrected chi connectivity index (χ4v) is 1.78. The minimum Gasteiger partial charge on any atom is -0.398 e. The Kier molecular flexibility index (Phi) is 5.29. The Morgan fingerprint density at radius 1 is 1.41 bits per heavy atom. The molecule has 3 nitrogen and oxygen atoms in total. The zero-order valence-electron chi connectivity index (χ0n) is 10.4. The van der Waals surface area contributed by atoms with Crippen LogP contribution in [-0.4, -0.2) is 23.9 Å². The number of nitrogens with two attached hydrogens (primary N) is 1. The van der Waals surface area contributed by atoms with E-state index in [4.69, 9.17) is 17.3 Å². The van der Waals surface area contributed by atoms with Crippen molar-refractivity contribution in [3.63, 3.8) is 0 Å². The maximum atomic E-state index is 12.2. The summed E-state index contributed by atoms with van der Waals surface area (Å²) >= 11 is 5.91. The molecule has 17 heavy (non-hydrogen) atoms. The average molecular weight is 255 g/mol. The number of nitrogens with zero attached hydrogens (tertiary/aromatic N) is 1. The molecular weight excluding hydrogens is 236 g/mol.